The van der Waals surface area contributed by atoms with Crippen molar-refractivity contribution in [3.8, 4) is 11.5 Å². The van der Waals surface area contributed by atoms with Gasteiger partial charge in [0.15, 0.2) is 11.6 Å². The van der Waals surface area contributed by atoms with E-state index in [2.05, 4.69) is 6.92 Å². The summed E-state index contributed by atoms with van der Waals surface area (Å²) in [7, 11) is 0. The van der Waals surface area contributed by atoms with E-state index >= 15 is 0 Å². The molecule has 0 radical (unpaired) electrons. The average molecular weight is 495 g/mol. The number of carboxylic acid groups (broad SMARTS) is 1. The van der Waals surface area contributed by atoms with E-state index in [0.717, 1.165) is 43.6 Å². The maximum absolute atomic E-state index is 11.7. The molecule has 1 aliphatic carbocycles. The first-order chi connectivity index (χ1) is 16.2. The maximum Gasteiger partial charge on any atom is 0.303 e. The summed E-state index contributed by atoms with van der Waals surface area (Å²) in [5.41, 5.74) is 0.711. The zero-order chi connectivity index (χ0) is 24.8. The summed E-state index contributed by atoms with van der Waals surface area (Å²) in [6.45, 7) is 6.67. The Labute approximate surface area is 206 Å². The second kappa shape index (κ2) is 11.8. The number of thioether (sulfide) groups is 1. The van der Waals surface area contributed by atoms with Crippen molar-refractivity contribution in [3.05, 3.63) is 23.3 Å². The number of hydrogen-bond donors (Lipinski definition) is 2. The Bertz CT molecular complexity index is 873. The lowest BCUT2D eigenvalue weighted by Gasteiger charge is -2.29. The largest absolute Gasteiger partial charge is 0.507 e. The summed E-state index contributed by atoms with van der Waals surface area (Å²) in [5.74, 6) is 1.01. The Hall–Kier alpha value is -1.77. The SMILES string of the molecule is CCCc1c(OCCCSCC2(CC)COC3(CCC(CC(=O)O)C3)O2)ccc(C(C)=O)c1O. The van der Waals surface area contributed by atoms with Crippen molar-refractivity contribution < 1.29 is 34.0 Å². The van der Waals surface area contributed by atoms with Gasteiger partial charge in [-0.25, -0.2) is 0 Å². The van der Waals surface area contributed by atoms with E-state index in [9.17, 15) is 14.7 Å². The molecule has 3 atom stereocenters. The fourth-order valence-corrected chi connectivity index (χ4v) is 6.09. The molecule has 1 aliphatic heterocycles. The standard InChI is InChI=1S/C26H38O7S/c1-4-7-21-22(9-8-20(18(3)27)24(21)30)31-12-6-13-34-17-25(5-2)16-32-26(33-25)11-10-19(15-26)14-23(28)29/h8-9,19,30H,4-7,10-17H2,1-3H3,(H,28,29). The number of phenols is 1. The highest BCUT2D eigenvalue weighted by Crippen LogP contribution is 2.48. The van der Waals surface area contributed by atoms with E-state index in [1.54, 1.807) is 12.1 Å². The normalized spacial score (nSPS) is 26.3. The number of benzene rings is 1. The number of carboxylic acids is 1. The Balaban J connectivity index is 1.45. The molecule has 2 N–H and O–H groups in total. The molecule has 1 heterocycles. The average Bonchev–Trinajstić information content (AvgIpc) is 3.35. The van der Waals surface area contributed by atoms with Crippen molar-refractivity contribution in [2.75, 3.05) is 24.7 Å². The van der Waals surface area contributed by atoms with Crippen molar-refractivity contribution in [2.24, 2.45) is 5.92 Å². The van der Waals surface area contributed by atoms with Gasteiger partial charge in [-0.3, -0.25) is 9.59 Å². The molecule has 3 rings (SSSR count). The minimum absolute atomic E-state index is 0.0379. The molecule has 1 saturated heterocycles. The number of rotatable bonds is 13. The fraction of sp³-hybridized carbons (Fsp3) is 0.692. The number of aromatic hydroxyl groups is 1. The third-order valence-electron chi connectivity index (χ3n) is 6.82. The lowest BCUT2D eigenvalue weighted by Crippen LogP contribution is -2.37. The number of aliphatic carboxylic acids is 1. The van der Waals surface area contributed by atoms with Crippen LogP contribution in [0, 0.1) is 5.92 Å². The van der Waals surface area contributed by atoms with Gasteiger partial charge in [-0.1, -0.05) is 20.3 Å². The quantitative estimate of drug-likeness (QED) is 0.284. The van der Waals surface area contributed by atoms with Crippen LogP contribution in [0.25, 0.3) is 0 Å². The van der Waals surface area contributed by atoms with E-state index in [4.69, 9.17) is 19.3 Å². The van der Waals surface area contributed by atoms with Crippen LogP contribution >= 0.6 is 11.8 Å². The number of carbonyl (C=O) groups is 2. The third kappa shape index (κ3) is 6.46. The monoisotopic (exact) mass is 494 g/mol. The van der Waals surface area contributed by atoms with Crippen LogP contribution in [-0.2, 0) is 20.7 Å². The molecular formula is C26H38O7S. The second-order valence-corrected chi connectivity index (χ2v) is 10.6. The predicted molar refractivity (Wildman–Crippen MR) is 132 cm³/mol. The van der Waals surface area contributed by atoms with Crippen LogP contribution in [0.5, 0.6) is 11.5 Å². The molecule has 0 aromatic heterocycles. The molecule has 8 heteroatoms. The first-order valence-corrected chi connectivity index (χ1v) is 13.5. The summed E-state index contributed by atoms with van der Waals surface area (Å²) in [6, 6.07) is 3.41. The van der Waals surface area contributed by atoms with Gasteiger partial charge in [-0.15, -0.1) is 0 Å². The van der Waals surface area contributed by atoms with Gasteiger partial charge in [0.1, 0.15) is 17.1 Å². The number of ether oxygens (including phenoxy) is 3. The summed E-state index contributed by atoms with van der Waals surface area (Å²) >= 11 is 1.81. The number of hydrogen-bond acceptors (Lipinski definition) is 7. The molecule has 34 heavy (non-hydrogen) atoms. The summed E-state index contributed by atoms with van der Waals surface area (Å²) in [4.78, 5) is 22.8. The zero-order valence-electron chi connectivity index (χ0n) is 20.6. The van der Waals surface area contributed by atoms with E-state index < -0.39 is 11.8 Å². The van der Waals surface area contributed by atoms with Gasteiger partial charge in [0.2, 0.25) is 0 Å². The van der Waals surface area contributed by atoms with Gasteiger partial charge in [0, 0.05) is 30.6 Å². The van der Waals surface area contributed by atoms with Crippen LogP contribution in [0.2, 0.25) is 0 Å². The topological polar surface area (TPSA) is 102 Å². The minimum atomic E-state index is -0.758. The van der Waals surface area contributed by atoms with Gasteiger partial charge in [0.25, 0.3) is 0 Å². The van der Waals surface area contributed by atoms with E-state index in [1.807, 2.05) is 18.7 Å². The van der Waals surface area contributed by atoms with Crippen molar-refractivity contribution in [1.29, 1.82) is 0 Å². The molecule has 1 aromatic rings. The summed E-state index contributed by atoms with van der Waals surface area (Å²) in [5, 5.41) is 19.6. The minimum Gasteiger partial charge on any atom is -0.507 e. The lowest BCUT2D eigenvalue weighted by atomic mass is 10.0. The van der Waals surface area contributed by atoms with Crippen LogP contribution in [0.4, 0.5) is 0 Å². The predicted octanol–water partition coefficient (Wildman–Crippen LogP) is 5.22. The first kappa shape index (κ1) is 26.8. The summed E-state index contributed by atoms with van der Waals surface area (Å²) < 4.78 is 18.6. The van der Waals surface area contributed by atoms with Gasteiger partial charge in [-0.05, 0) is 56.4 Å². The van der Waals surface area contributed by atoms with E-state index in [0.29, 0.717) is 42.9 Å². The number of phenolic OH excluding ortho intramolecular Hbond substituents is 1. The highest BCUT2D eigenvalue weighted by atomic mass is 32.2. The number of carbonyl (C=O) groups excluding carboxylic acids is 1. The van der Waals surface area contributed by atoms with Crippen LogP contribution in [0.3, 0.4) is 0 Å². The van der Waals surface area contributed by atoms with Crippen molar-refractivity contribution in [2.45, 2.75) is 83.5 Å². The van der Waals surface area contributed by atoms with Gasteiger partial charge >= 0.3 is 5.97 Å². The Kier molecular flexibility index (Phi) is 9.29. The van der Waals surface area contributed by atoms with E-state index in [-0.39, 0.29) is 29.5 Å². The molecule has 2 aliphatic rings. The van der Waals surface area contributed by atoms with Crippen LogP contribution in [0.15, 0.2) is 12.1 Å². The van der Waals surface area contributed by atoms with Crippen molar-refractivity contribution >= 4 is 23.5 Å². The lowest BCUT2D eigenvalue weighted by molar-refractivity contribution is -0.180. The molecule has 2 fully saturated rings. The first-order valence-electron chi connectivity index (χ1n) is 12.4. The van der Waals surface area contributed by atoms with Crippen molar-refractivity contribution in [1.82, 2.24) is 0 Å². The van der Waals surface area contributed by atoms with Gasteiger partial charge in [-0.2, -0.15) is 11.8 Å². The van der Waals surface area contributed by atoms with E-state index in [1.165, 1.54) is 6.92 Å². The Morgan fingerprint density at radius 3 is 2.76 bits per heavy atom. The van der Waals surface area contributed by atoms with Crippen molar-refractivity contribution in [3.63, 3.8) is 0 Å². The maximum atomic E-state index is 11.7. The molecular weight excluding hydrogens is 456 g/mol. The summed E-state index contributed by atoms with van der Waals surface area (Å²) in [6.07, 6.45) is 5.64. The number of ketones is 1. The van der Waals surface area contributed by atoms with Crippen LogP contribution in [0.1, 0.15) is 81.6 Å². The second-order valence-electron chi connectivity index (χ2n) is 9.54. The fourth-order valence-electron chi connectivity index (χ4n) is 4.91. The van der Waals surface area contributed by atoms with Gasteiger partial charge < -0.3 is 24.4 Å². The smallest absolute Gasteiger partial charge is 0.303 e. The molecule has 1 aromatic carbocycles. The molecule has 1 saturated carbocycles. The molecule has 0 amide bonds. The Morgan fingerprint density at radius 1 is 1.29 bits per heavy atom. The molecule has 1 spiro atoms. The van der Waals surface area contributed by atoms with Crippen LogP contribution < -0.4 is 4.74 Å². The zero-order valence-corrected chi connectivity index (χ0v) is 21.4. The number of Topliss-reactive ketones (excluding diaryl/α,β-unsaturated/α-hetero) is 1. The van der Waals surface area contributed by atoms with Crippen LogP contribution in [-0.4, -0.2) is 58.1 Å². The highest BCUT2D eigenvalue weighted by molar-refractivity contribution is 7.99. The molecule has 190 valence electrons. The molecule has 0 bridgehead atoms. The molecule has 7 nitrogen and oxygen atoms in total. The third-order valence-corrected chi connectivity index (χ3v) is 8.12. The molecule has 3 unspecified atom stereocenters. The Morgan fingerprint density at radius 2 is 2.09 bits per heavy atom. The van der Waals surface area contributed by atoms with Gasteiger partial charge in [0.05, 0.1) is 18.8 Å². The highest BCUT2D eigenvalue weighted by Gasteiger charge is 2.53.